The van der Waals surface area contributed by atoms with Gasteiger partial charge in [-0.3, -0.25) is 9.59 Å². The molecule has 2 aromatic rings. The van der Waals surface area contributed by atoms with Gasteiger partial charge in [0, 0.05) is 38.3 Å². The lowest BCUT2D eigenvalue weighted by atomic mass is 10.2. The third-order valence-corrected chi connectivity index (χ3v) is 6.97. The monoisotopic (exact) mass is 479 g/mol. The van der Waals surface area contributed by atoms with Gasteiger partial charge in [0.05, 0.1) is 25.2 Å². The molecule has 0 aliphatic carbocycles. The molecule has 0 bridgehead atoms. The Morgan fingerprint density at radius 3 is 2.36 bits per heavy atom. The first-order valence-corrected chi connectivity index (χ1v) is 12.4. The van der Waals surface area contributed by atoms with Crippen molar-refractivity contribution in [2.24, 2.45) is 0 Å². The number of benzene rings is 1. The van der Waals surface area contributed by atoms with Crippen LogP contribution in [0.25, 0.3) is 0 Å². The van der Waals surface area contributed by atoms with E-state index in [4.69, 9.17) is 13.9 Å². The Bertz CT molecular complexity index is 1050. The number of furan rings is 1. The fourth-order valence-corrected chi connectivity index (χ4v) is 4.78. The van der Waals surface area contributed by atoms with Gasteiger partial charge in [0.1, 0.15) is 0 Å². The number of piperazine rings is 1. The third-order valence-electron chi connectivity index (χ3n) is 5.10. The molecule has 3 rings (SSSR count). The molecule has 0 radical (unpaired) electrons. The molecule has 0 spiro atoms. The number of amides is 2. The second-order valence-corrected chi connectivity index (χ2v) is 9.36. The van der Waals surface area contributed by atoms with Crippen molar-refractivity contribution >= 4 is 21.8 Å². The molecule has 180 valence electrons. The van der Waals surface area contributed by atoms with Gasteiger partial charge < -0.3 is 24.1 Å². The molecule has 1 aromatic heterocycles. The summed E-state index contributed by atoms with van der Waals surface area (Å²) in [5.41, 5.74) is 0.351. The third kappa shape index (κ3) is 6.26. The topological polar surface area (TPSA) is 118 Å². The average Bonchev–Trinajstić information content (AvgIpc) is 3.35. The Labute approximate surface area is 193 Å². The van der Waals surface area contributed by atoms with Gasteiger partial charge in [0.15, 0.2) is 17.3 Å². The van der Waals surface area contributed by atoms with E-state index < -0.39 is 15.9 Å². The van der Waals surface area contributed by atoms with Gasteiger partial charge in [0.25, 0.3) is 11.8 Å². The highest BCUT2D eigenvalue weighted by Gasteiger charge is 2.29. The molecule has 2 heterocycles. The van der Waals surface area contributed by atoms with Gasteiger partial charge in [-0.2, -0.15) is 4.31 Å². The minimum absolute atomic E-state index is 0.0378. The molecule has 1 saturated heterocycles. The van der Waals surface area contributed by atoms with E-state index in [1.165, 1.54) is 10.6 Å². The van der Waals surface area contributed by atoms with Crippen LogP contribution < -0.4 is 14.8 Å². The maximum Gasteiger partial charge on any atom is 0.289 e. The fourth-order valence-electron chi connectivity index (χ4n) is 3.44. The highest BCUT2D eigenvalue weighted by Crippen LogP contribution is 2.28. The van der Waals surface area contributed by atoms with E-state index in [2.05, 4.69) is 5.32 Å². The number of nitrogens with one attached hydrogen (secondary N) is 1. The second kappa shape index (κ2) is 11.2. The van der Waals surface area contributed by atoms with Gasteiger partial charge in [-0.15, -0.1) is 0 Å². The predicted octanol–water partition coefficient (Wildman–Crippen LogP) is 1.59. The summed E-state index contributed by atoms with van der Waals surface area (Å²) in [6, 6.07) is 8.05. The van der Waals surface area contributed by atoms with Crippen LogP contribution in [0.2, 0.25) is 0 Å². The van der Waals surface area contributed by atoms with Crippen LogP contribution in [0.15, 0.2) is 41.0 Å². The van der Waals surface area contributed by atoms with Crippen molar-refractivity contribution in [1.29, 1.82) is 0 Å². The van der Waals surface area contributed by atoms with E-state index in [-0.39, 0.29) is 50.1 Å². The van der Waals surface area contributed by atoms with Crippen molar-refractivity contribution < 1.29 is 31.9 Å². The average molecular weight is 480 g/mol. The number of rotatable bonds is 10. The first-order chi connectivity index (χ1) is 15.9. The van der Waals surface area contributed by atoms with Gasteiger partial charge in [-0.05, 0) is 44.2 Å². The molecule has 1 N–H and O–H groups in total. The molecule has 1 aliphatic rings. The Hall–Kier alpha value is -3.05. The summed E-state index contributed by atoms with van der Waals surface area (Å²) in [5.74, 6) is 0.343. The molecule has 10 nitrogen and oxygen atoms in total. The van der Waals surface area contributed by atoms with Crippen LogP contribution in [0.4, 0.5) is 0 Å². The van der Waals surface area contributed by atoms with Crippen molar-refractivity contribution in [2.75, 3.05) is 51.7 Å². The Morgan fingerprint density at radius 1 is 1.03 bits per heavy atom. The lowest BCUT2D eigenvalue weighted by Gasteiger charge is -2.33. The zero-order chi connectivity index (χ0) is 23.8. The van der Waals surface area contributed by atoms with E-state index in [9.17, 15) is 18.0 Å². The first kappa shape index (κ1) is 24.6. The molecule has 1 aliphatic heterocycles. The fraction of sp³-hybridized carbons (Fsp3) is 0.455. The van der Waals surface area contributed by atoms with Crippen LogP contribution >= 0.6 is 0 Å². The Balaban J connectivity index is 1.50. The Morgan fingerprint density at radius 2 is 1.73 bits per heavy atom. The van der Waals surface area contributed by atoms with Crippen LogP contribution in [0, 0.1) is 0 Å². The smallest absolute Gasteiger partial charge is 0.289 e. The van der Waals surface area contributed by atoms with Crippen LogP contribution in [0.5, 0.6) is 11.5 Å². The zero-order valence-electron chi connectivity index (χ0n) is 18.8. The van der Waals surface area contributed by atoms with Gasteiger partial charge in [-0.1, -0.05) is 0 Å². The highest BCUT2D eigenvalue weighted by molar-refractivity contribution is 7.89. The SMILES string of the molecule is CCOc1ccc(C(=O)NCCS(=O)(=O)N2CCN(C(=O)c3ccco3)CC2)cc1OCC. The van der Waals surface area contributed by atoms with Crippen LogP contribution in [-0.2, 0) is 10.0 Å². The number of hydrogen-bond acceptors (Lipinski definition) is 7. The summed E-state index contributed by atoms with van der Waals surface area (Å²) in [5, 5.41) is 2.64. The van der Waals surface area contributed by atoms with Gasteiger partial charge >= 0.3 is 0 Å². The maximum atomic E-state index is 12.7. The number of carbonyl (C=O) groups is 2. The quantitative estimate of drug-likeness (QED) is 0.550. The van der Waals surface area contributed by atoms with Crippen LogP contribution in [0.3, 0.4) is 0 Å². The van der Waals surface area contributed by atoms with Crippen molar-refractivity contribution in [3.63, 3.8) is 0 Å². The molecule has 33 heavy (non-hydrogen) atoms. The Kier molecular flexibility index (Phi) is 8.34. The zero-order valence-corrected chi connectivity index (χ0v) is 19.6. The van der Waals surface area contributed by atoms with E-state index in [0.29, 0.717) is 30.3 Å². The highest BCUT2D eigenvalue weighted by atomic mass is 32.2. The standard InChI is InChI=1S/C22H29N3O7S/c1-3-30-18-8-7-17(16-20(18)31-4-2)21(26)23-9-15-33(28,29)25-12-10-24(11-13-25)22(27)19-6-5-14-32-19/h5-8,14,16H,3-4,9-13,15H2,1-2H3,(H,23,26). The molecule has 0 unspecified atom stereocenters. The van der Waals surface area contributed by atoms with E-state index >= 15 is 0 Å². The summed E-state index contributed by atoms with van der Waals surface area (Å²) in [4.78, 5) is 26.4. The molecule has 0 saturated carbocycles. The lowest BCUT2D eigenvalue weighted by Crippen LogP contribution is -2.51. The van der Waals surface area contributed by atoms with Gasteiger partial charge in [-0.25, -0.2) is 8.42 Å². The van der Waals surface area contributed by atoms with Crippen molar-refractivity contribution in [3.8, 4) is 11.5 Å². The van der Waals surface area contributed by atoms with E-state index in [1.807, 2.05) is 13.8 Å². The van der Waals surface area contributed by atoms with Gasteiger partial charge in [0.2, 0.25) is 10.0 Å². The molecular weight excluding hydrogens is 450 g/mol. The number of ether oxygens (including phenoxy) is 2. The van der Waals surface area contributed by atoms with Crippen LogP contribution in [0.1, 0.15) is 34.8 Å². The summed E-state index contributed by atoms with van der Waals surface area (Å²) in [6.45, 7) is 5.48. The molecular formula is C22H29N3O7S. The van der Waals surface area contributed by atoms with E-state index in [0.717, 1.165) is 0 Å². The van der Waals surface area contributed by atoms with Crippen molar-refractivity contribution in [2.45, 2.75) is 13.8 Å². The summed E-state index contributed by atoms with van der Waals surface area (Å²) in [7, 11) is -3.58. The summed E-state index contributed by atoms with van der Waals surface area (Å²) < 4.78 is 42.8. The largest absolute Gasteiger partial charge is 0.490 e. The minimum Gasteiger partial charge on any atom is -0.490 e. The predicted molar refractivity (Wildman–Crippen MR) is 121 cm³/mol. The normalized spacial score (nSPS) is 14.7. The molecule has 2 amide bonds. The maximum absolute atomic E-state index is 12.7. The molecule has 1 fully saturated rings. The van der Waals surface area contributed by atoms with Crippen molar-refractivity contribution in [1.82, 2.24) is 14.5 Å². The lowest BCUT2D eigenvalue weighted by molar-refractivity contribution is 0.0665. The minimum atomic E-state index is -3.58. The summed E-state index contributed by atoms with van der Waals surface area (Å²) in [6.07, 6.45) is 1.42. The van der Waals surface area contributed by atoms with E-state index in [1.54, 1.807) is 35.2 Å². The first-order valence-electron chi connectivity index (χ1n) is 10.8. The number of hydrogen-bond donors (Lipinski definition) is 1. The van der Waals surface area contributed by atoms with Crippen LogP contribution in [-0.4, -0.2) is 81.1 Å². The van der Waals surface area contributed by atoms with Crippen molar-refractivity contribution in [3.05, 3.63) is 47.9 Å². The number of nitrogens with zero attached hydrogens (tertiary/aromatic N) is 2. The molecule has 0 atom stereocenters. The number of carbonyl (C=O) groups excluding carboxylic acids is 2. The molecule has 1 aromatic carbocycles. The molecule has 11 heteroatoms. The summed E-state index contributed by atoms with van der Waals surface area (Å²) >= 11 is 0. The number of sulfonamides is 1. The second-order valence-electron chi connectivity index (χ2n) is 7.27.